The summed E-state index contributed by atoms with van der Waals surface area (Å²) in [5, 5.41) is 0.0316. The molecule has 28 heavy (non-hydrogen) atoms. The number of fused-ring (bicyclic) bond motifs is 1. The second-order valence-electron chi connectivity index (χ2n) is 7.23. The van der Waals surface area contributed by atoms with E-state index in [1.54, 1.807) is 0 Å². The average Bonchev–Trinajstić information content (AvgIpc) is 3.11. The Kier molecular flexibility index (Phi) is 4.36. The Hall–Kier alpha value is -2.23. The van der Waals surface area contributed by atoms with E-state index in [2.05, 4.69) is 4.74 Å². The van der Waals surface area contributed by atoms with Gasteiger partial charge in [-0.05, 0) is 24.6 Å². The summed E-state index contributed by atoms with van der Waals surface area (Å²) in [6.07, 6.45) is -6.31. The Morgan fingerprint density at radius 2 is 1.96 bits per heavy atom. The minimum absolute atomic E-state index is 0.0316. The molecule has 0 radical (unpaired) electrons. The maximum atomic E-state index is 13.6. The third kappa shape index (κ3) is 3.34. The van der Waals surface area contributed by atoms with Crippen molar-refractivity contribution in [1.29, 1.82) is 0 Å². The molecule has 4 rings (SSSR count). The van der Waals surface area contributed by atoms with E-state index >= 15 is 0 Å². The lowest BCUT2D eigenvalue weighted by Gasteiger charge is -2.47. The van der Waals surface area contributed by atoms with Crippen LogP contribution in [0.1, 0.15) is 40.9 Å². The van der Waals surface area contributed by atoms with Gasteiger partial charge >= 0.3 is 6.36 Å². The van der Waals surface area contributed by atoms with E-state index in [0.717, 1.165) is 29.5 Å². The number of ether oxygens (including phenoxy) is 1. The van der Waals surface area contributed by atoms with Crippen molar-refractivity contribution in [2.75, 3.05) is 13.1 Å². The molecule has 0 bridgehead atoms. The molecule has 2 aliphatic rings. The predicted molar refractivity (Wildman–Crippen MR) is 90.7 cm³/mol. The van der Waals surface area contributed by atoms with Gasteiger partial charge in [-0.25, -0.2) is 8.78 Å². The summed E-state index contributed by atoms with van der Waals surface area (Å²) in [5.74, 6) is -0.979. The van der Waals surface area contributed by atoms with Crippen LogP contribution >= 0.6 is 11.3 Å². The maximum absolute atomic E-state index is 13.6. The molecule has 0 N–H and O–H groups in total. The topological polar surface area (TPSA) is 46.6 Å². The first-order chi connectivity index (χ1) is 13.1. The molecule has 0 atom stereocenters. The fraction of sp³-hybridized carbons (Fsp3) is 0.444. The lowest BCUT2D eigenvalue weighted by molar-refractivity contribution is -0.274. The van der Waals surface area contributed by atoms with Crippen molar-refractivity contribution >= 4 is 33.1 Å². The number of thiophene rings is 1. The van der Waals surface area contributed by atoms with E-state index in [4.69, 9.17) is 0 Å². The summed E-state index contributed by atoms with van der Waals surface area (Å²) >= 11 is 0.724. The van der Waals surface area contributed by atoms with Crippen LogP contribution in [0.4, 0.5) is 22.0 Å². The number of rotatable bonds is 3. The first kappa shape index (κ1) is 19.1. The van der Waals surface area contributed by atoms with Crippen molar-refractivity contribution in [3.05, 3.63) is 28.6 Å². The van der Waals surface area contributed by atoms with Crippen LogP contribution in [0.2, 0.25) is 0 Å². The second kappa shape index (κ2) is 6.40. The van der Waals surface area contributed by atoms with Crippen molar-refractivity contribution < 1.29 is 36.3 Å². The van der Waals surface area contributed by atoms with Gasteiger partial charge in [-0.1, -0.05) is 0 Å². The van der Waals surface area contributed by atoms with Crippen molar-refractivity contribution in [3.63, 3.8) is 0 Å². The minimum atomic E-state index is -4.90. The molecule has 1 aliphatic heterocycles. The van der Waals surface area contributed by atoms with E-state index in [9.17, 15) is 31.5 Å². The molecule has 1 saturated carbocycles. The number of hydrogen-bond acceptors (Lipinski definition) is 4. The van der Waals surface area contributed by atoms with Crippen LogP contribution in [0.5, 0.6) is 5.75 Å². The zero-order valence-corrected chi connectivity index (χ0v) is 15.1. The molecule has 1 aliphatic carbocycles. The monoisotopic (exact) mass is 419 g/mol. The zero-order valence-electron chi connectivity index (χ0n) is 14.3. The third-order valence-electron chi connectivity index (χ3n) is 5.19. The highest BCUT2D eigenvalue weighted by Crippen LogP contribution is 2.46. The van der Waals surface area contributed by atoms with Gasteiger partial charge < -0.3 is 9.64 Å². The fourth-order valence-electron chi connectivity index (χ4n) is 3.99. The molecule has 150 valence electrons. The third-order valence-corrected chi connectivity index (χ3v) is 6.35. The highest BCUT2D eigenvalue weighted by molar-refractivity contribution is 7.21. The van der Waals surface area contributed by atoms with Crippen molar-refractivity contribution in [3.8, 4) is 5.75 Å². The Morgan fingerprint density at radius 3 is 2.54 bits per heavy atom. The lowest BCUT2D eigenvalue weighted by atomic mass is 9.78. The number of carbonyl (C=O) groups is 2. The molecule has 0 unspecified atom stereocenters. The van der Waals surface area contributed by atoms with Crippen LogP contribution < -0.4 is 4.74 Å². The summed E-state index contributed by atoms with van der Waals surface area (Å²) in [7, 11) is 0. The molecule has 1 saturated heterocycles. The fourth-order valence-corrected chi connectivity index (χ4v) is 5.20. The molecule has 1 spiro atoms. The van der Waals surface area contributed by atoms with Gasteiger partial charge in [0.25, 0.3) is 12.3 Å². The van der Waals surface area contributed by atoms with Crippen molar-refractivity contribution in [2.24, 2.45) is 5.41 Å². The number of amides is 1. The highest BCUT2D eigenvalue weighted by atomic mass is 32.1. The SMILES string of the molecule is O=C1CCC2(C1)CN(C(=O)c1sc3cc(OC(F)(F)F)ccc3c1C(F)F)C2. The lowest BCUT2D eigenvalue weighted by Crippen LogP contribution is -2.57. The van der Waals surface area contributed by atoms with E-state index in [0.29, 0.717) is 32.4 Å². The molecule has 1 aromatic carbocycles. The Bertz CT molecular complexity index is 962. The number of likely N-dealkylation sites (tertiary alicyclic amines) is 1. The first-order valence-corrected chi connectivity index (χ1v) is 9.30. The largest absolute Gasteiger partial charge is 0.573 e. The summed E-state index contributed by atoms with van der Waals surface area (Å²) < 4.78 is 68.4. The number of carbonyl (C=O) groups excluding carboxylic acids is 2. The van der Waals surface area contributed by atoms with Gasteiger partial charge in [0.1, 0.15) is 16.4 Å². The van der Waals surface area contributed by atoms with E-state index in [1.807, 2.05) is 0 Å². The molecule has 2 heterocycles. The van der Waals surface area contributed by atoms with Crippen LogP contribution in [0.3, 0.4) is 0 Å². The quantitative estimate of drug-likeness (QED) is 0.663. The van der Waals surface area contributed by atoms with E-state index < -0.39 is 30.0 Å². The number of nitrogens with zero attached hydrogens (tertiary/aromatic N) is 1. The van der Waals surface area contributed by atoms with Gasteiger partial charge in [-0.2, -0.15) is 0 Å². The van der Waals surface area contributed by atoms with Crippen LogP contribution in [0.25, 0.3) is 10.1 Å². The van der Waals surface area contributed by atoms with Gasteiger partial charge in [-0.3, -0.25) is 9.59 Å². The number of benzene rings is 1. The Balaban J connectivity index is 1.63. The molecule has 2 fully saturated rings. The summed E-state index contributed by atoms with van der Waals surface area (Å²) in [6, 6.07) is 3.06. The minimum Gasteiger partial charge on any atom is -0.406 e. The number of hydrogen-bond donors (Lipinski definition) is 0. The molecular weight excluding hydrogens is 405 g/mol. The van der Waals surface area contributed by atoms with Crippen LogP contribution in [-0.4, -0.2) is 36.0 Å². The summed E-state index contributed by atoms with van der Waals surface area (Å²) in [4.78, 5) is 25.5. The number of ketones is 1. The zero-order chi connectivity index (χ0) is 20.3. The number of Topliss-reactive ketones (excluding diaryl/α,β-unsaturated/α-hetero) is 1. The first-order valence-electron chi connectivity index (χ1n) is 8.48. The second-order valence-corrected chi connectivity index (χ2v) is 8.28. The maximum Gasteiger partial charge on any atom is 0.573 e. The molecule has 4 nitrogen and oxygen atoms in total. The molecule has 10 heteroatoms. The summed E-state index contributed by atoms with van der Waals surface area (Å²) in [6.45, 7) is 0.661. The molecule has 1 amide bonds. The standard InChI is InChI=1S/C18H14F5NO3S/c19-15(20)13-11-2-1-10(27-18(21,22)23)5-12(11)28-14(13)16(26)24-7-17(8-24)4-3-9(25)6-17/h1-2,5,15H,3-4,6-8H2. The predicted octanol–water partition coefficient (Wildman–Crippen LogP) is 4.93. The van der Waals surface area contributed by atoms with Crippen molar-refractivity contribution in [2.45, 2.75) is 32.1 Å². The van der Waals surface area contributed by atoms with Gasteiger partial charge in [0.15, 0.2) is 0 Å². The number of alkyl halides is 5. The summed E-state index contributed by atoms with van der Waals surface area (Å²) in [5.41, 5.74) is -0.728. The van der Waals surface area contributed by atoms with E-state index in [1.165, 1.54) is 4.90 Å². The van der Waals surface area contributed by atoms with Crippen LogP contribution in [0.15, 0.2) is 18.2 Å². The molecular formula is C18H14F5NO3S. The van der Waals surface area contributed by atoms with Gasteiger partial charge in [0, 0.05) is 47.0 Å². The average molecular weight is 419 g/mol. The van der Waals surface area contributed by atoms with Gasteiger partial charge in [0.2, 0.25) is 0 Å². The van der Waals surface area contributed by atoms with Crippen LogP contribution in [0, 0.1) is 5.41 Å². The highest BCUT2D eigenvalue weighted by Gasteiger charge is 2.50. The Morgan fingerprint density at radius 1 is 1.25 bits per heavy atom. The van der Waals surface area contributed by atoms with Crippen LogP contribution in [-0.2, 0) is 4.79 Å². The normalized spacial score (nSPS) is 18.9. The van der Waals surface area contributed by atoms with Crippen molar-refractivity contribution in [1.82, 2.24) is 4.90 Å². The van der Waals surface area contributed by atoms with Gasteiger partial charge in [0.05, 0.1) is 0 Å². The molecule has 1 aromatic heterocycles. The number of halogens is 5. The van der Waals surface area contributed by atoms with Gasteiger partial charge in [-0.15, -0.1) is 24.5 Å². The van der Waals surface area contributed by atoms with E-state index in [-0.39, 0.29) is 26.2 Å². The smallest absolute Gasteiger partial charge is 0.406 e. The molecule has 2 aromatic rings. The Labute approximate surface area is 159 Å².